The predicted molar refractivity (Wildman–Crippen MR) is 87.8 cm³/mol. The number of nitrogens with zero attached hydrogens (tertiary/aromatic N) is 1. The zero-order valence-corrected chi connectivity index (χ0v) is 14.4. The molecule has 1 aliphatic rings. The molecule has 0 bridgehead atoms. The van der Waals surface area contributed by atoms with E-state index in [9.17, 15) is 0 Å². The van der Waals surface area contributed by atoms with E-state index < -0.39 is 0 Å². The molecule has 0 aromatic rings. The van der Waals surface area contributed by atoms with E-state index in [1.165, 1.54) is 0 Å². The van der Waals surface area contributed by atoms with Crippen LogP contribution < -0.4 is 10.6 Å². The summed E-state index contributed by atoms with van der Waals surface area (Å²) in [5, 5.41) is 6.72. The van der Waals surface area contributed by atoms with E-state index in [1.54, 1.807) is 7.05 Å². The van der Waals surface area contributed by atoms with Gasteiger partial charge in [0.15, 0.2) is 5.96 Å². The lowest BCUT2D eigenvalue weighted by Gasteiger charge is -2.25. The molecule has 1 fully saturated rings. The molecule has 0 amide bonds. The average Bonchev–Trinajstić information content (AvgIpc) is 2.88. The molecule has 0 radical (unpaired) electrons. The first-order valence-electron chi connectivity index (χ1n) is 8.21. The number of nitrogens with one attached hydrogen (secondary N) is 2. The monoisotopic (exact) mass is 299 g/mol. The summed E-state index contributed by atoms with van der Waals surface area (Å²) < 4.78 is 11.5. The Morgan fingerprint density at radius 3 is 2.67 bits per heavy atom. The lowest BCUT2D eigenvalue weighted by atomic mass is 10.0. The van der Waals surface area contributed by atoms with Crippen LogP contribution in [0.15, 0.2) is 4.99 Å². The van der Waals surface area contributed by atoms with Gasteiger partial charge in [0.2, 0.25) is 0 Å². The molecule has 0 aromatic heterocycles. The summed E-state index contributed by atoms with van der Waals surface area (Å²) in [6.07, 6.45) is 3.54. The van der Waals surface area contributed by atoms with Crippen LogP contribution in [0.3, 0.4) is 0 Å². The molecular formula is C16H33N3O2. The van der Waals surface area contributed by atoms with Crippen molar-refractivity contribution in [3.8, 4) is 0 Å². The summed E-state index contributed by atoms with van der Waals surface area (Å²) in [5.41, 5.74) is -0.0522. The van der Waals surface area contributed by atoms with Crippen molar-refractivity contribution in [2.45, 2.75) is 58.7 Å². The fourth-order valence-corrected chi connectivity index (χ4v) is 2.62. The second-order valence-electron chi connectivity index (χ2n) is 6.28. The SMILES string of the molecule is CCOC(CCNC(=NC)NCC1(C)CCCO1)C(C)C. The third kappa shape index (κ3) is 6.66. The van der Waals surface area contributed by atoms with Crippen LogP contribution in [0.5, 0.6) is 0 Å². The number of ether oxygens (including phenoxy) is 2. The smallest absolute Gasteiger partial charge is 0.191 e. The minimum atomic E-state index is -0.0522. The molecule has 2 atom stereocenters. The molecule has 0 aliphatic carbocycles. The molecule has 0 aromatic carbocycles. The van der Waals surface area contributed by atoms with Crippen molar-refractivity contribution in [1.82, 2.24) is 10.6 Å². The van der Waals surface area contributed by atoms with E-state index in [4.69, 9.17) is 9.47 Å². The molecule has 1 saturated heterocycles. The maximum absolute atomic E-state index is 5.78. The van der Waals surface area contributed by atoms with Crippen molar-refractivity contribution >= 4 is 5.96 Å². The summed E-state index contributed by atoms with van der Waals surface area (Å²) in [6, 6.07) is 0. The Morgan fingerprint density at radius 1 is 1.38 bits per heavy atom. The summed E-state index contributed by atoms with van der Waals surface area (Å²) in [7, 11) is 1.80. The molecule has 2 unspecified atom stereocenters. The van der Waals surface area contributed by atoms with Crippen molar-refractivity contribution in [3.63, 3.8) is 0 Å². The number of guanidine groups is 1. The van der Waals surface area contributed by atoms with Gasteiger partial charge in [-0.05, 0) is 39.0 Å². The molecule has 5 nitrogen and oxygen atoms in total. The molecule has 0 spiro atoms. The lowest BCUT2D eigenvalue weighted by molar-refractivity contribution is 0.0234. The van der Waals surface area contributed by atoms with Gasteiger partial charge < -0.3 is 20.1 Å². The molecule has 5 heteroatoms. The van der Waals surface area contributed by atoms with E-state index >= 15 is 0 Å². The van der Waals surface area contributed by atoms with E-state index in [-0.39, 0.29) is 5.60 Å². The van der Waals surface area contributed by atoms with Crippen LogP contribution in [0, 0.1) is 5.92 Å². The Bertz CT molecular complexity index is 313. The van der Waals surface area contributed by atoms with Gasteiger partial charge >= 0.3 is 0 Å². The second-order valence-corrected chi connectivity index (χ2v) is 6.28. The molecule has 1 rings (SSSR count). The zero-order chi connectivity index (χ0) is 15.7. The Labute approximate surface area is 129 Å². The topological polar surface area (TPSA) is 54.9 Å². The highest BCUT2D eigenvalue weighted by molar-refractivity contribution is 5.79. The van der Waals surface area contributed by atoms with Crippen LogP contribution in [-0.2, 0) is 9.47 Å². The Balaban J connectivity index is 2.27. The first kappa shape index (κ1) is 18.2. The van der Waals surface area contributed by atoms with Gasteiger partial charge in [0, 0.05) is 33.4 Å². The van der Waals surface area contributed by atoms with Crippen molar-refractivity contribution in [1.29, 1.82) is 0 Å². The molecule has 0 saturated carbocycles. The van der Waals surface area contributed by atoms with Crippen LogP contribution in [0.4, 0.5) is 0 Å². The van der Waals surface area contributed by atoms with Crippen molar-refractivity contribution < 1.29 is 9.47 Å². The summed E-state index contributed by atoms with van der Waals surface area (Å²) in [6.45, 7) is 11.9. The average molecular weight is 299 g/mol. The standard InChI is InChI=1S/C16H33N3O2/c1-6-20-14(13(2)3)8-10-18-15(17-5)19-12-16(4)9-7-11-21-16/h13-14H,6-12H2,1-5H3,(H2,17,18,19). The maximum Gasteiger partial charge on any atom is 0.191 e. The van der Waals surface area contributed by atoms with E-state index in [0.29, 0.717) is 12.0 Å². The highest BCUT2D eigenvalue weighted by Crippen LogP contribution is 2.23. The van der Waals surface area contributed by atoms with E-state index in [2.05, 4.69) is 36.4 Å². The quantitative estimate of drug-likeness (QED) is 0.533. The molecule has 2 N–H and O–H groups in total. The van der Waals surface area contributed by atoms with Gasteiger partial charge in [-0.1, -0.05) is 13.8 Å². The molecule has 21 heavy (non-hydrogen) atoms. The number of rotatable bonds is 8. The Hall–Kier alpha value is -0.810. The number of hydrogen-bond donors (Lipinski definition) is 2. The summed E-state index contributed by atoms with van der Waals surface area (Å²) in [4.78, 5) is 4.27. The number of hydrogen-bond acceptors (Lipinski definition) is 3. The van der Waals surface area contributed by atoms with Crippen LogP contribution in [0.25, 0.3) is 0 Å². The second kappa shape index (κ2) is 9.26. The van der Waals surface area contributed by atoms with Gasteiger partial charge in [0.05, 0.1) is 11.7 Å². The molecule has 1 heterocycles. The number of aliphatic imine (C=N–C) groups is 1. The van der Waals surface area contributed by atoms with Gasteiger partial charge in [0.25, 0.3) is 0 Å². The van der Waals surface area contributed by atoms with Gasteiger partial charge in [-0.3, -0.25) is 4.99 Å². The van der Waals surface area contributed by atoms with Gasteiger partial charge in [-0.15, -0.1) is 0 Å². The highest BCUT2D eigenvalue weighted by Gasteiger charge is 2.29. The van der Waals surface area contributed by atoms with E-state index in [1.807, 2.05) is 6.92 Å². The Kier molecular flexibility index (Phi) is 8.04. The molecule has 124 valence electrons. The third-order valence-corrected chi connectivity index (χ3v) is 4.00. The van der Waals surface area contributed by atoms with Gasteiger partial charge in [-0.25, -0.2) is 0 Å². The zero-order valence-electron chi connectivity index (χ0n) is 14.4. The van der Waals surface area contributed by atoms with Crippen molar-refractivity contribution in [2.24, 2.45) is 10.9 Å². The first-order chi connectivity index (χ1) is 10.0. The minimum Gasteiger partial charge on any atom is -0.378 e. The van der Waals surface area contributed by atoms with Crippen molar-refractivity contribution in [3.05, 3.63) is 0 Å². The minimum absolute atomic E-state index is 0.0522. The van der Waals surface area contributed by atoms with Crippen LogP contribution in [0.2, 0.25) is 0 Å². The lowest BCUT2D eigenvalue weighted by Crippen LogP contribution is -2.46. The summed E-state index contributed by atoms with van der Waals surface area (Å²) >= 11 is 0. The highest BCUT2D eigenvalue weighted by atomic mass is 16.5. The first-order valence-corrected chi connectivity index (χ1v) is 8.21. The Morgan fingerprint density at radius 2 is 2.14 bits per heavy atom. The summed E-state index contributed by atoms with van der Waals surface area (Å²) in [5.74, 6) is 1.37. The predicted octanol–water partition coefficient (Wildman–Crippen LogP) is 2.17. The fourth-order valence-electron chi connectivity index (χ4n) is 2.62. The largest absolute Gasteiger partial charge is 0.378 e. The van der Waals surface area contributed by atoms with Crippen LogP contribution >= 0.6 is 0 Å². The van der Waals surface area contributed by atoms with Gasteiger partial charge in [-0.2, -0.15) is 0 Å². The van der Waals surface area contributed by atoms with Crippen LogP contribution in [-0.4, -0.2) is 51.0 Å². The van der Waals surface area contributed by atoms with Gasteiger partial charge in [0.1, 0.15) is 0 Å². The molecular weight excluding hydrogens is 266 g/mol. The third-order valence-electron chi connectivity index (χ3n) is 4.00. The van der Waals surface area contributed by atoms with Crippen LogP contribution in [0.1, 0.15) is 47.0 Å². The molecule has 1 aliphatic heterocycles. The maximum atomic E-state index is 5.78. The normalized spacial score (nSPS) is 24.4. The fraction of sp³-hybridized carbons (Fsp3) is 0.938. The van der Waals surface area contributed by atoms with Crippen molar-refractivity contribution in [2.75, 3.05) is 33.4 Å². The van der Waals surface area contributed by atoms with E-state index in [0.717, 1.165) is 51.5 Å².